The van der Waals surface area contributed by atoms with Crippen LogP contribution in [0.1, 0.15) is 19.8 Å². The van der Waals surface area contributed by atoms with E-state index in [1.165, 1.54) is 4.31 Å². The summed E-state index contributed by atoms with van der Waals surface area (Å²) >= 11 is 0. The normalized spacial score (nSPS) is 12.9. The van der Waals surface area contributed by atoms with Crippen LogP contribution in [0, 0.1) is 0 Å². The van der Waals surface area contributed by atoms with Crippen LogP contribution in [0.5, 0.6) is 17.2 Å². The van der Waals surface area contributed by atoms with Gasteiger partial charge in [-0.15, -0.1) is 0 Å². The zero-order chi connectivity index (χ0) is 21.6. The second-order valence-corrected chi connectivity index (χ2v) is 8.65. The van der Waals surface area contributed by atoms with Crippen molar-refractivity contribution in [3.8, 4) is 17.2 Å². The summed E-state index contributed by atoms with van der Waals surface area (Å²) in [6, 6.07) is 12.2. The number of carbonyl (C=O) groups is 1. The SMILES string of the molecule is CCOc1ccccc1NC(=O)CCCN(c1ccc2c(c1)OCCO2)S(C)(=O)=O. The lowest BCUT2D eigenvalue weighted by Gasteiger charge is -2.25. The zero-order valence-electron chi connectivity index (χ0n) is 17.1. The molecule has 0 aliphatic carbocycles. The lowest BCUT2D eigenvalue weighted by Crippen LogP contribution is -2.31. The predicted octanol–water partition coefficient (Wildman–Crippen LogP) is 3.04. The topological polar surface area (TPSA) is 94.2 Å². The molecule has 0 spiro atoms. The third kappa shape index (κ3) is 5.56. The summed E-state index contributed by atoms with van der Waals surface area (Å²) in [6.45, 7) is 3.41. The molecule has 2 aromatic carbocycles. The molecule has 1 heterocycles. The van der Waals surface area contributed by atoms with Crippen LogP contribution in [0.25, 0.3) is 0 Å². The summed E-state index contributed by atoms with van der Waals surface area (Å²) in [5.74, 6) is 1.49. The number of carbonyl (C=O) groups excluding carboxylic acids is 1. The fourth-order valence-electron chi connectivity index (χ4n) is 3.12. The van der Waals surface area contributed by atoms with Crippen molar-refractivity contribution in [3.63, 3.8) is 0 Å². The fourth-order valence-corrected chi connectivity index (χ4v) is 4.08. The Morgan fingerprint density at radius 3 is 2.60 bits per heavy atom. The zero-order valence-corrected chi connectivity index (χ0v) is 17.9. The van der Waals surface area contributed by atoms with Crippen LogP contribution in [0.3, 0.4) is 0 Å². The number of amides is 1. The van der Waals surface area contributed by atoms with Crippen molar-refractivity contribution in [2.75, 3.05) is 42.2 Å². The Hall–Kier alpha value is -2.94. The first-order valence-corrected chi connectivity index (χ1v) is 11.6. The van der Waals surface area contributed by atoms with Crippen LogP contribution in [-0.2, 0) is 14.8 Å². The molecule has 0 unspecified atom stereocenters. The van der Waals surface area contributed by atoms with Crippen LogP contribution in [0.2, 0.25) is 0 Å². The van der Waals surface area contributed by atoms with Gasteiger partial charge in [-0.05, 0) is 37.6 Å². The first-order valence-electron chi connectivity index (χ1n) is 9.77. The molecule has 1 aliphatic heterocycles. The van der Waals surface area contributed by atoms with Crippen LogP contribution in [0.15, 0.2) is 42.5 Å². The summed E-state index contributed by atoms with van der Waals surface area (Å²) in [5.41, 5.74) is 1.07. The average Bonchev–Trinajstić information content (AvgIpc) is 2.71. The number of nitrogens with one attached hydrogen (secondary N) is 1. The van der Waals surface area contributed by atoms with Gasteiger partial charge < -0.3 is 19.5 Å². The molecule has 0 atom stereocenters. The van der Waals surface area contributed by atoms with Gasteiger partial charge in [0.1, 0.15) is 19.0 Å². The highest BCUT2D eigenvalue weighted by Gasteiger charge is 2.21. The number of nitrogens with zero attached hydrogens (tertiary/aromatic N) is 1. The maximum Gasteiger partial charge on any atom is 0.232 e. The number of fused-ring (bicyclic) bond motifs is 1. The Morgan fingerprint density at radius 1 is 1.13 bits per heavy atom. The molecule has 162 valence electrons. The molecule has 9 heteroatoms. The van der Waals surface area contributed by atoms with E-state index in [4.69, 9.17) is 14.2 Å². The van der Waals surface area contributed by atoms with Crippen molar-refractivity contribution in [1.29, 1.82) is 0 Å². The maximum absolute atomic E-state index is 12.4. The number of hydrogen-bond acceptors (Lipinski definition) is 6. The van der Waals surface area contributed by atoms with Crippen LogP contribution in [-0.4, -0.2) is 46.9 Å². The monoisotopic (exact) mass is 434 g/mol. The van der Waals surface area contributed by atoms with Crippen molar-refractivity contribution in [3.05, 3.63) is 42.5 Å². The van der Waals surface area contributed by atoms with Gasteiger partial charge in [0.25, 0.3) is 0 Å². The van der Waals surface area contributed by atoms with E-state index in [9.17, 15) is 13.2 Å². The summed E-state index contributed by atoms with van der Waals surface area (Å²) in [4.78, 5) is 12.4. The third-order valence-electron chi connectivity index (χ3n) is 4.44. The molecule has 0 bridgehead atoms. The van der Waals surface area contributed by atoms with Gasteiger partial charge >= 0.3 is 0 Å². The Labute approximate surface area is 176 Å². The van der Waals surface area contributed by atoms with Gasteiger partial charge in [0.05, 0.1) is 24.2 Å². The molecule has 0 saturated carbocycles. The first kappa shape index (κ1) is 21.8. The molecule has 0 radical (unpaired) electrons. The van der Waals surface area contributed by atoms with E-state index in [1.807, 2.05) is 19.1 Å². The van der Waals surface area contributed by atoms with E-state index < -0.39 is 10.0 Å². The predicted molar refractivity (Wildman–Crippen MR) is 115 cm³/mol. The van der Waals surface area contributed by atoms with Gasteiger partial charge in [0.15, 0.2) is 11.5 Å². The Balaban J connectivity index is 1.63. The second kappa shape index (κ2) is 9.71. The Kier molecular flexibility index (Phi) is 7.04. The molecule has 0 fully saturated rings. The molecule has 1 aliphatic rings. The summed E-state index contributed by atoms with van der Waals surface area (Å²) in [7, 11) is -3.53. The molecule has 3 rings (SSSR count). The molecular formula is C21H26N2O6S. The standard InChI is InChI=1S/C21H26N2O6S/c1-3-27-18-8-5-4-7-17(18)22-21(24)9-6-12-23(30(2,25)26)16-10-11-19-20(15-16)29-14-13-28-19/h4-5,7-8,10-11,15H,3,6,9,12-14H2,1-2H3,(H,22,24). The lowest BCUT2D eigenvalue weighted by molar-refractivity contribution is -0.116. The maximum atomic E-state index is 12.4. The molecule has 8 nitrogen and oxygen atoms in total. The summed E-state index contributed by atoms with van der Waals surface area (Å²) < 4.78 is 42.4. The molecule has 30 heavy (non-hydrogen) atoms. The van der Waals surface area contributed by atoms with E-state index in [0.717, 1.165) is 6.26 Å². The second-order valence-electron chi connectivity index (χ2n) is 6.74. The van der Waals surface area contributed by atoms with Gasteiger partial charge in [-0.2, -0.15) is 0 Å². The van der Waals surface area contributed by atoms with Gasteiger partial charge in [-0.3, -0.25) is 9.10 Å². The fraction of sp³-hybridized carbons (Fsp3) is 0.381. The number of rotatable bonds is 9. The molecule has 0 aromatic heterocycles. The van der Waals surface area contributed by atoms with E-state index in [-0.39, 0.29) is 18.9 Å². The lowest BCUT2D eigenvalue weighted by atomic mass is 10.2. The smallest absolute Gasteiger partial charge is 0.232 e. The molecule has 2 aromatic rings. The van der Waals surface area contributed by atoms with E-state index in [1.54, 1.807) is 30.3 Å². The van der Waals surface area contributed by atoms with Crippen molar-refractivity contribution in [2.24, 2.45) is 0 Å². The average molecular weight is 435 g/mol. The molecule has 0 saturated heterocycles. The first-order chi connectivity index (χ1) is 14.4. The minimum atomic E-state index is -3.53. The Morgan fingerprint density at radius 2 is 1.87 bits per heavy atom. The van der Waals surface area contributed by atoms with E-state index >= 15 is 0 Å². The van der Waals surface area contributed by atoms with Gasteiger partial charge in [0, 0.05) is 19.0 Å². The quantitative estimate of drug-likeness (QED) is 0.652. The van der Waals surface area contributed by atoms with Gasteiger partial charge in [-0.1, -0.05) is 12.1 Å². The van der Waals surface area contributed by atoms with E-state index in [2.05, 4.69) is 5.32 Å². The minimum Gasteiger partial charge on any atom is -0.492 e. The largest absolute Gasteiger partial charge is 0.492 e. The van der Waals surface area contributed by atoms with Crippen molar-refractivity contribution >= 4 is 27.3 Å². The summed E-state index contributed by atoms with van der Waals surface area (Å²) in [6.07, 6.45) is 1.66. The highest BCUT2D eigenvalue weighted by Crippen LogP contribution is 2.34. The van der Waals surface area contributed by atoms with Crippen molar-refractivity contribution in [1.82, 2.24) is 0 Å². The van der Waals surface area contributed by atoms with Crippen molar-refractivity contribution < 1.29 is 27.4 Å². The number of sulfonamides is 1. The number of anilines is 2. The van der Waals surface area contributed by atoms with Crippen LogP contribution >= 0.6 is 0 Å². The van der Waals surface area contributed by atoms with Crippen LogP contribution < -0.4 is 23.8 Å². The number of hydrogen-bond donors (Lipinski definition) is 1. The van der Waals surface area contributed by atoms with Gasteiger partial charge in [-0.25, -0.2) is 8.42 Å². The molecule has 1 N–H and O–H groups in total. The number of benzene rings is 2. The highest BCUT2D eigenvalue weighted by atomic mass is 32.2. The summed E-state index contributed by atoms with van der Waals surface area (Å²) in [5, 5.41) is 2.82. The molecule has 1 amide bonds. The van der Waals surface area contributed by atoms with Gasteiger partial charge in [0.2, 0.25) is 15.9 Å². The Bertz CT molecular complexity index is 993. The number of ether oxygens (including phenoxy) is 3. The number of para-hydroxylation sites is 2. The molecular weight excluding hydrogens is 408 g/mol. The third-order valence-corrected chi connectivity index (χ3v) is 5.63. The highest BCUT2D eigenvalue weighted by molar-refractivity contribution is 7.92. The minimum absolute atomic E-state index is 0.164. The van der Waals surface area contributed by atoms with E-state index in [0.29, 0.717) is 54.9 Å². The van der Waals surface area contributed by atoms with Crippen LogP contribution in [0.4, 0.5) is 11.4 Å². The van der Waals surface area contributed by atoms with Crippen molar-refractivity contribution in [2.45, 2.75) is 19.8 Å².